The summed E-state index contributed by atoms with van der Waals surface area (Å²) in [5.74, 6) is 2.46. The number of aromatic nitrogens is 3. The van der Waals surface area contributed by atoms with E-state index >= 15 is 0 Å². The van der Waals surface area contributed by atoms with Crippen molar-refractivity contribution in [2.45, 2.75) is 44.8 Å². The van der Waals surface area contributed by atoms with Crippen molar-refractivity contribution in [2.24, 2.45) is 5.73 Å². The van der Waals surface area contributed by atoms with Crippen LogP contribution in [0.15, 0.2) is 0 Å². The summed E-state index contributed by atoms with van der Waals surface area (Å²) >= 11 is 0. The molecule has 0 radical (unpaired) electrons. The van der Waals surface area contributed by atoms with Crippen LogP contribution in [0, 0.1) is 0 Å². The quantitative estimate of drug-likeness (QED) is 0.780. The lowest BCUT2D eigenvalue weighted by Gasteiger charge is -2.33. The maximum atomic E-state index is 11.6. The minimum Gasteiger partial charge on any atom is -0.328 e. The van der Waals surface area contributed by atoms with Gasteiger partial charge in [-0.05, 0) is 19.8 Å². The van der Waals surface area contributed by atoms with Crippen molar-refractivity contribution in [1.29, 1.82) is 0 Å². The molecular formula is C14H26N6O2S. The molecule has 3 rings (SSSR count). The lowest BCUT2D eigenvalue weighted by molar-refractivity contribution is 0.176. The van der Waals surface area contributed by atoms with Gasteiger partial charge in [0, 0.05) is 44.7 Å². The third-order valence-corrected chi connectivity index (χ3v) is 6.18. The first-order valence-electron chi connectivity index (χ1n) is 8.23. The van der Waals surface area contributed by atoms with E-state index in [9.17, 15) is 8.42 Å². The van der Waals surface area contributed by atoms with Gasteiger partial charge in [0.15, 0.2) is 0 Å². The second kappa shape index (κ2) is 6.46. The minimum absolute atomic E-state index is 0.300. The van der Waals surface area contributed by atoms with Crippen molar-refractivity contribution in [3.63, 3.8) is 0 Å². The van der Waals surface area contributed by atoms with Crippen LogP contribution in [0.3, 0.4) is 0 Å². The van der Waals surface area contributed by atoms with Crippen molar-refractivity contribution < 1.29 is 8.42 Å². The van der Waals surface area contributed by atoms with E-state index in [1.807, 2.05) is 0 Å². The molecular weight excluding hydrogens is 316 g/mol. The standard InChI is InChI=1S/C14H26N6O2S/c1-3-20-13(16-17-14(20)11-8-12(15)9-11)10-18-4-6-19(7-5-18)23(2,21)22/h11-12H,3-10,15H2,1-2H3. The van der Waals surface area contributed by atoms with Gasteiger partial charge < -0.3 is 10.3 Å². The molecule has 1 saturated heterocycles. The molecule has 1 aliphatic heterocycles. The van der Waals surface area contributed by atoms with E-state index in [0.717, 1.165) is 50.7 Å². The van der Waals surface area contributed by atoms with Crippen molar-refractivity contribution in [1.82, 2.24) is 24.0 Å². The molecule has 1 saturated carbocycles. The van der Waals surface area contributed by atoms with Crippen molar-refractivity contribution in [3.8, 4) is 0 Å². The van der Waals surface area contributed by atoms with Crippen LogP contribution in [0.2, 0.25) is 0 Å². The summed E-state index contributed by atoms with van der Waals surface area (Å²) in [5, 5.41) is 8.76. The molecule has 1 aromatic heterocycles. The number of piperazine rings is 1. The SMILES string of the molecule is CCn1c(CN2CCN(S(C)(=O)=O)CC2)nnc1C1CC(N)C1. The van der Waals surface area contributed by atoms with Gasteiger partial charge in [0.1, 0.15) is 11.6 Å². The Morgan fingerprint density at radius 1 is 1.17 bits per heavy atom. The fourth-order valence-corrected chi connectivity index (χ4v) is 4.23. The molecule has 1 aliphatic carbocycles. The molecule has 2 N–H and O–H groups in total. The van der Waals surface area contributed by atoms with Crippen LogP contribution in [0.1, 0.15) is 37.3 Å². The maximum Gasteiger partial charge on any atom is 0.211 e. The fourth-order valence-electron chi connectivity index (χ4n) is 3.40. The third kappa shape index (κ3) is 3.57. The Labute approximate surface area is 137 Å². The van der Waals surface area contributed by atoms with Gasteiger partial charge >= 0.3 is 0 Å². The van der Waals surface area contributed by atoms with Crippen LogP contribution in [-0.4, -0.2) is 70.9 Å². The van der Waals surface area contributed by atoms with Crippen LogP contribution in [0.5, 0.6) is 0 Å². The predicted octanol–water partition coefficient (Wildman–Crippen LogP) is -0.420. The lowest BCUT2D eigenvalue weighted by Crippen LogP contribution is -2.48. The smallest absolute Gasteiger partial charge is 0.211 e. The molecule has 1 aromatic rings. The summed E-state index contributed by atoms with van der Waals surface area (Å²) in [6.07, 6.45) is 3.25. The van der Waals surface area contributed by atoms with Gasteiger partial charge in [-0.15, -0.1) is 10.2 Å². The number of hydrogen-bond donors (Lipinski definition) is 1. The summed E-state index contributed by atoms with van der Waals surface area (Å²) in [7, 11) is -3.08. The number of hydrogen-bond acceptors (Lipinski definition) is 6. The third-order valence-electron chi connectivity index (χ3n) is 4.88. The molecule has 2 aliphatic rings. The molecule has 0 bridgehead atoms. The Hall–Kier alpha value is -1.03. The average Bonchev–Trinajstić information content (AvgIpc) is 2.86. The van der Waals surface area contributed by atoms with Gasteiger partial charge in [0.25, 0.3) is 0 Å². The van der Waals surface area contributed by atoms with E-state index in [0.29, 0.717) is 25.0 Å². The summed E-state index contributed by atoms with van der Waals surface area (Å²) < 4.78 is 26.9. The summed E-state index contributed by atoms with van der Waals surface area (Å²) in [4.78, 5) is 2.24. The van der Waals surface area contributed by atoms with Crippen molar-refractivity contribution >= 4 is 10.0 Å². The average molecular weight is 342 g/mol. The second-order valence-corrected chi connectivity index (χ2v) is 8.57. The number of sulfonamides is 1. The van der Waals surface area contributed by atoms with E-state index in [2.05, 4.69) is 26.6 Å². The largest absolute Gasteiger partial charge is 0.328 e. The Morgan fingerprint density at radius 3 is 2.35 bits per heavy atom. The van der Waals surface area contributed by atoms with Crippen molar-refractivity contribution in [2.75, 3.05) is 32.4 Å². The maximum absolute atomic E-state index is 11.6. The molecule has 0 aromatic carbocycles. The van der Waals surface area contributed by atoms with E-state index in [4.69, 9.17) is 5.73 Å². The lowest BCUT2D eigenvalue weighted by atomic mass is 9.80. The van der Waals surface area contributed by atoms with E-state index in [1.54, 1.807) is 0 Å². The monoisotopic (exact) mass is 342 g/mol. The van der Waals surface area contributed by atoms with Crippen LogP contribution >= 0.6 is 0 Å². The van der Waals surface area contributed by atoms with E-state index in [1.165, 1.54) is 10.6 Å². The zero-order valence-electron chi connectivity index (χ0n) is 13.8. The van der Waals surface area contributed by atoms with Gasteiger partial charge in [-0.2, -0.15) is 4.31 Å². The first-order valence-corrected chi connectivity index (χ1v) is 10.1. The molecule has 130 valence electrons. The van der Waals surface area contributed by atoms with Crippen LogP contribution in [-0.2, 0) is 23.1 Å². The zero-order chi connectivity index (χ0) is 16.6. The Morgan fingerprint density at radius 2 is 1.83 bits per heavy atom. The second-order valence-electron chi connectivity index (χ2n) is 6.59. The zero-order valence-corrected chi connectivity index (χ0v) is 14.7. The summed E-state index contributed by atoms with van der Waals surface area (Å²) in [6, 6.07) is 0.300. The molecule has 2 fully saturated rings. The normalized spacial score (nSPS) is 27.1. The Bertz CT molecular complexity index is 644. The first kappa shape index (κ1) is 16.8. The molecule has 0 amide bonds. The van der Waals surface area contributed by atoms with Gasteiger partial charge in [0.2, 0.25) is 10.0 Å². The van der Waals surface area contributed by atoms with Crippen LogP contribution < -0.4 is 5.73 Å². The molecule has 0 unspecified atom stereocenters. The van der Waals surface area contributed by atoms with Gasteiger partial charge in [-0.1, -0.05) is 0 Å². The molecule has 0 atom stereocenters. The number of nitrogens with two attached hydrogens (primary N) is 1. The highest BCUT2D eigenvalue weighted by Gasteiger charge is 2.32. The Kier molecular flexibility index (Phi) is 4.73. The number of nitrogens with zero attached hydrogens (tertiary/aromatic N) is 5. The van der Waals surface area contributed by atoms with E-state index < -0.39 is 10.0 Å². The highest BCUT2D eigenvalue weighted by atomic mass is 32.2. The van der Waals surface area contributed by atoms with E-state index in [-0.39, 0.29) is 0 Å². The summed E-state index contributed by atoms with van der Waals surface area (Å²) in [5.41, 5.74) is 5.88. The highest BCUT2D eigenvalue weighted by molar-refractivity contribution is 7.88. The highest BCUT2D eigenvalue weighted by Crippen LogP contribution is 2.34. The molecule has 0 spiro atoms. The van der Waals surface area contributed by atoms with Gasteiger partial charge in [-0.25, -0.2) is 8.42 Å². The number of rotatable bonds is 5. The van der Waals surface area contributed by atoms with Crippen LogP contribution in [0.4, 0.5) is 0 Å². The minimum atomic E-state index is -3.08. The van der Waals surface area contributed by atoms with Crippen molar-refractivity contribution in [3.05, 3.63) is 11.6 Å². The molecule has 8 nitrogen and oxygen atoms in total. The topological polar surface area (TPSA) is 97.3 Å². The summed E-state index contributed by atoms with van der Waals surface area (Å²) in [6.45, 7) is 6.23. The molecule has 9 heteroatoms. The first-order chi connectivity index (χ1) is 10.9. The fraction of sp³-hybridized carbons (Fsp3) is 0.857. The Balaban J connectivity index is 1.63. The molecule has 2 heterocycles. The predicted molar refractivity (Wildman–Crippen MR) is 87.3 cm³/mol. The van der Waals surface area contributed by atoms with Gasteiger partial charge in [0.05, 0.1) is 12.8 Å². The van der Waals surface area contributed by atoms with Crippen LogP contribution in [0.25, 0.3) is 0 Å². The molecule has 23 heavy (non-hydrogen) atoms. The van der Waals surface area contributed by atoms with Gasteiger partial charge in [-0.3, -0.25) is 4.90 Å².